The number of aliphatic hydroxyl groups excluding tert-OH is 6. The first-order valence-electron chi connectivity index (χ1n) is 27.4. The van der Waals surface area contributed by atoms with Crippen molar-refractivity contribution in [2.24, 2.45) is 92.7 Å². The number of fused-ring (bicyclic) bond motifs is 10. The quantitative estimate of drug-likeness (QED) is 0.0646. The van der Waals surface area contributed by atoms with Crippen molar-refractivity contribution in [3.8, 4) is 0 Å². The third-order valence-corrected chi connectivity index (χ3v) is 22.8. The summed E-state index contributed by atoms with van der Waals surface area (Å²) in [4.78, 5) is 39.3. The number of esters is 1. The monoisotopic (exact) mass is 941 g/mol. The Hall–Kier alpha value is -1.83. The number of amides is 2. The zero-order chi connectivity index (χ0) is 48.4. The molecule has 8 rings (SSSR count). The summed E-state index contributed by atoms with van der Waals surface area (Å²) in [5.74, 6) is 2.07. The molecule has 0 radical (unpaired) electrons. The van der Waals surface area contributed by atoms with Crippen molar-refractivity contribution in [1.29, 1.82) is 0 Å². The summed E-state index contributed by atoms with van der Waals surface area (Å²) in [5.41, 5.74) is -0.580. The summed E-state index contributed by atoms with van der Waals surface area (Å²) in [5, 5.41) is 74.1. The van der Waals surface area contributed by atoms with Crippen LogP contribution in [-0.4, -0.2) is 105 Å². The Kier molecular flexibility index (Phi) is 15.4. The molecule has 8 fully saturated rings. The van der Waals surface area contributed by atoms with E-state index < -0.39 is 36.4 Å². The summed E-state index contributed by atoms with van der Waals surface area (Å²) in [6.07, 6.45) is 13.1. The molecule has 12 nitrogen and oxygen atoms in total. The minimum absolute atomic E-state index is 0.00490. The summed E-state index contributed by atoms with van der Waals surface area (Å²) in [7, 11) is 1.33. The van der Waals surface area contributed by atoms with Gasteiger partial charge in [0.25, 0.3) is 0 Å². The van der Waals surface area contributed by atoms with Crippen molar-refractivity contribution >= 4 is 17.8 Å². The van der Waals surface area contributed by atoms with E-state index in [0.717, 1.165) is 83.5 Å². The molecule has 0 bridgehead atoms. The molecule has 2 amide bonds. The van der Waals surface area contributed by atoms with Gasteiger partial charge in [0.05, 0.1) is 43.7 Å². The fraction of sp³-hybridized carbons (Fsp3) is 0.945. The molecular weight excluding hydrogens is 849 g/mol. The van der Waals surface area contributed by atoms with Crippen LogP contribution in [0, 0.1) is 92.7 Å². The number of hydrogen-bond donors (Lipinski definition) is 8. The Balaban J connectivity index is 0.760. The number of carbonyl (C=O) groups is 3. The van der Waals surface area contributed by atoms with E-state index >= 15 is 0 Å². The third kappa shape index (κ3) is 9.20. The molecule has 0 aromatic rings. The van der Waals surface area contributed by atoms with Crippen molar-refractivity contribution < 1.29 is 49.8 Å². The highest BCUT2D eigenvalue weighted by molar-refractivity contribution is 5.84. The average Bonchev–Trinajstić information content (AvgIpc) is 3.84. The Morgan fingerprint density at radius 1 is 0.582 bits per heavy atom. The number of rotatable bonds is 15. The lowest BCUT2D eigenvalue weighted by molar-refractivity contribution is -0.207. The van der Waals surface area contributed by atoms with Crippen LogP contribution in [0.15, 0.2) is 0 Å². The zero-order valence-electron chi connectivity index (χ0n) is 42.3. The molecule has 0 aliphatic heterocycles. The maximum absolute atomic E-state index is 13.4. The molecule has 382 valence electrons. The van der Waals surface area contributed by atoms with Crippen LogP contribution in [0.2, 0.25) is 0 Å². The van der Waals surface area contributed by atoms with Gasteiger partial charge in [0.1, 0.15) is 6.04 Å². The van der Waals surface area contributed by atoms with Gasteiger partial charge in [-0.2, -0.15) is 0 Å². The first-order valence-corrected chi connectivity index (χ1v) is 27.4. The van der Waals surface area contributed by atoms with Gasteiger partial charge in [-0.3, -0.25) is 9.59 Å². The SMILES string of the molecule is COC(=O)[C@H](CCCCNC(=O)CC[C@H](C)[C@H]1CC[C@H]2[C@@H]3[C@H](O)C[C@@H]4C[C@H](O)CC[C@]4(C)[C@H]3C[C@H](O)[C@]12C)NC(=O)CC[C@@H](C)[C@H]1CC[C@H]2[C@@H]3[C@H](O)C[C@@H]4C[C@H](O)CC[C@]4(C)[C@H]3C[C@H](O)[C@]12C. The Morgan fingerprint density at radius 3 is 1.51 bits per heavy atom. The van der Waals surface area contributed by atoms with Gasteiger partial charge < -0.3 is 46.0 Å². The van der Waals surface area contributed by atoms with E-state index in [1.165, 1.54) is 7.11 Å². The van der Waals surface area contributed by atoms with Crippen LogP contribution in [0.25, 0.3) is 0 Å². The van der Waals surface area contributed by atoms with E-state index in [0.29, 0.717) is 57.4 Å². The molecule has 8 aliphatic carbocycles. The summed E-state index contributed by atoms with van der Waals surface area (Å²) >= 11 is 0. The largest absolute Gasteiger partial charge is 0.467 e. The van der Waals surface area contributed by atoms with E-state index in [1.807, 2.05) is 0 Å². The van der Waals surface area contributed by atoms with Crippen molar-refractivity contribution in [1.82, 2.24) is 10.6 Å². The molecule has 0 heterocycles. The van der Waals surface area contributed by atoms with Crippen LogP contribution in [0.3, 0.4) is 0 Å². The first-order chi connectivity index (χ1) is 31.7. The summed E-state index contributed by atoms with van der Waals surface area (Å²) < 4.78 is 5.08. The predicted molar refractivity (Wildman–Crippen MR) is 256 cm³/mol. The van der Waals surface area contributed by atoms with Crippen molar-refractivity contribution in [2.45, 2.75) is 219 Å². The lowest BCUT2D eigenvalue weighted by Gasteiger charge is -2.63. The maximum Gasteiger partial charge on any atom is 0.328 e. The fourth-order valence-electron chi connectivity index (χ4n) is 18.8. The first kappa shape index (κ1) is 51.5. The van der Waals surface area contributed by atoms with Gasteiger partial charge in [0.15, 0.2) is 0 Å². The molecule has 8 saturated carbocycles. The minimum atomic E-state index is -0.773. The van der Waals surface area contributed by atoms with Gasteiger partial charge in [-0.25, -0.2) is 4.79 Å². The molecule has 0 saturated heterocycles. The predicted octanol–water partition coefficient (Wildman–Crippen LogP) is 6.69. The number of ether oxygens (including phenoxy) is 1. The van der Waals surface area contributed by atoms with Crippen LogP contribution in [-0.2, 0) is 19.1 Å². The van der Waals surface area contributed by atoms with Gasteiger partial charge in [-0.1, -0.05) is 41.5 Å². The molecular formula is C55H92N2O10. The Bertz CT molecular complexity index is 1770. The van der Waals surface area contributed by atoms with E-state index in [2.05, 4.69) is 52.2 Å². The zero-order valence-corrected chi connectivity index (χ0v) is 42.3. The number of nitrogens with one attached hydrogen (secondary N) is 2. The standard InChI is InChI=1S/C55H92N2O10/c1-30(36-13-15-38-49-40(28-45(62)54(36,38)5)52(3)21-19-34(58)24-32(52)26-43(49)60)11-17-47(64)56-23-9-8-10-42(51(66)67-7)57-48(65)18-12-31(2)37-14-16-39-50-41(29-46(63)55(37,39)6)53(4)22-20-35(59)25-33(53)27-44(50)61/h30-46,49-50,58-63H,8-29H2,1-7H3,(H,56,64)(H,57,65)/t30-,31+,32-,33-,34+,35+,36+,37+,38-,39-,40-,41-,42-,43+,44+,45-,46-,49-,50-,52-,53-,54+,55+/m0/s1. The molecule has 8 N–H and O–H groups in total. The van der Waals surface area contributed by atoms with Gasteiger partial charge in [0.2, 0.25) is 11.8 Å². The molecule has 8 aliphatic rings. The fourth-order valence-corrected chi connectivity index (χ4v) is 18.8. The summed E-state index contributed by atoms with van der Waals surface area (Å²) in [6.45, 7) is 14.1. The highest BCUT2D eigenvalue weighted by atomic mass is 16.5. The second-order valence-electron chi connectivity index (χ2n) is 25.6. The normalized spacial score (nSPS) is 48.0. The number of methoxy groups -OCH3 is 1. The number of aliphatic hydroxyl groups is 6. The number of carbonyl (C=O) groups excluding carboxylic acids is 3. The van der Waals surface area contributed by atoms with Crippen molar-refractivity contribution in [3.63, 3.8) is 0 Å². The third-order valence-electron chi connectivity index (χ3n) is 22.8. The second kappa shape index (κ2) is 20.0. The molecule has 0 unspecified atom stereocenters. The van der Waals surface area contributed by atoms with Gasteiger partial charge in [0, 0.05) is 19.4 Å². The van der Waals surface area contributed by atoms with Crippen molar-refractivity contribution in [2.75, 3.05) is 13.7 Å². The van der Waals surface area contributed by atoms with Crippen LogP contribution < -0.4 is 10.6 Å². The topological polar surface area (TPSA) is 206 Å². The van der Waals surface area contributed by atoms with Gasteiger partial charge in [-0.05, 0) is 215 Å². The molecule has 23 atom stereocenters. The van der Waals surface area contributed by atoms with Crippen molar-refractivity contribution in [3.05, 3.63) is 0 Å². The highest BCUT2D eigenvalue weighted by Crippen LogP contribution is 2.70. The van der Waals surface area contributed by atoms with Crippen LogP contribution in [0.4, 0.5) is 0 Å². The van der Waals surface area contributed by atoms with Crippen LogP contribution in [0.1, 0.15) is 176 Å². The maximum atomic E-state index is 13.4. The minimum Gasteiger partial charge on any atom is -0.467 e. The van der Waals surface area contributed by atoms with E-state index in [1.54, 1.807) is 0 Å². The lowest BCUT2D eigenvalue weighted by Crippen LogP contribution is -2.62. The van der Waals surface area contributed by atoms with Gasteiger partial charge in [-0.15, -0.1) is 0 Å². The molecule has 0 aromatic carbocycles. The summed E-state index contributed by atoms with van der Waals surface area (Å²) in [6, 6.07) is -0.773. The molecule has 0 spiro atoms. The second-order valence-corrected chi connectivity index (χ2v) is 25.6. The smallest absolute Gasteiger partial charge is 0.328 e. The Morgan fingerprint density at radius 2 is 1.04 bits per heavy atom. The molecule has 67 heavy (non-hydrogen) atoms. The van der Waals surface area contributed by atoms with E-state index in [4.69, 9.17) is 4.74 Å². The highest BCUT2D eigenvalue weighted by Gasteiger charge is 2.67. The van der Waals surface area contributed by atoms with E-state index in [9.17, 15) is 45.0 Å². The molecule has 12 heteroatoms. The van der Waals surface area contributed by atoms with E-state index in [-0.39, 0.29) is 117 Å². The Labute approximate surface area is 402 Å². The van der Waals surface area contributed by atoms with Gasteiger partial charge >= 0.3 is 5.97 Å². The van der Waals surface area contributed by atoms with Crippen LogP contribution in [0.5, 0.6) is 0 Å². The molecule has 0 aromatic heterocycles. The average molecular weight is 941 g/mol. The van der Waals surface area contributed by atoms with Crippen LogP contribution >= 0.6 is 0 Å². The lowest BCUT2D eigenvalue weighted by atomic mass is 9.43. The number of unbranched alkanes of at least 4 members (excludes halogenated alkanes) is 1. The number of hydrogen-bond acceptors (Lipinski definition) is 10.